The van der Waals surface area contributed by atoms with Crippen molar-refractivity contribution < 1.29 is 9.53 Å². The lowest BCUT2D eigenvalue weighted by Gasteiger charge is -2.03. The highest BCUT2D eigenvalue weighted by Gasteiger charge is 2.26. The Kier molecular flexibility index (Phi) is 1.83. The van der Waals surface area contributed by atoms with Crippen LogP contribution in [0.25, 0.3) is 17.7 Å². The van der Waals surface area contributed by atoms with Crippen molar-refractivity contribution in [2.24, 2.45) is 0 Å². The molecule has 0 atom stereocenters. The molecule has 16 heavy (non-hydrogen) atoms. The quantitative estimate of drug-likeness (QED) is 0.373. The fourth-order valence-electron chi connectivity index (χ4n) is 1.96. The Labute approximate surface area is 93.5 Å². The summed E-state index contributed by atoms with van der Waals surface area (Å²) in [6.45, 7) is 3.73. The van der Waals surface area contributed by atoms with Crippen LogP contribution in [-0.2, 0) is 4.79 Å². The summed E-state index contributed by atoms with van der Waals surface area (Å²) in [7, 11) is 0. The largest absolute Gasteiger partial charge is 0.422 e. The molecule has 0 amide bonds. The smallest absolute Gasteiger partial charge is 0.343 e. The first-order chi connectivity index (χ1) is 7.75. The number of carbonyl (C=O) groups is 1. The first-order valence-corrected chi connectivity index (χ1v) is 5.18. The van der Waals surface area contributed by atoms with E-state index in [9.17, 15) is 4.79 Å². The van der Waals surface area contributed by atoms with Gasteiger partial charge in [0.1, 0.15) is 5.75 Å². The van der Waals surface area contributed by atoms with E-state index in [1.54, 1.807) is 0 Å². The van der Waals surface area contributed by atoms with E-state index in [2.05, 4.69) is 24.8 Å². The molecule has 0 N–H and O–H groups in total. The van der Waals surface area contributed by atoms with Crippen molar-refractivity contribution in [1.82, 2.24) is 0 Å². The van der Waals surface area contributed by atoms with E-state index in [0.29, 0.717) is 11.3 Å². The van der Waals surface area contributed by atoms with Crippen molar-refractivity contribution in [3.8, 4) is 5.75 Å². The molecule has 0 radical (unpaired) electrons. The van der Waals surface area contributed by atoms with Crippen molar-refractivity contribution in [2.45, 2.75) is 6.42 Å². The van der Waals surface area contributed by atoms with E-state index in [1.807, 2.05) is 18.2 Å². The third-order valence-corrected chi connectivity index (χ3v) is 2.83. The molecule has 0 fully saturated rings. The molecular formula is C14H10O2. The van der Waals surface area contributed by atoms with Gasteiger partial charge in [-0.15, -0.1) is 0 Å². The summed E-state index contributed by atoms with van der Waals surface area (Å²) in [5.74, 6) is 0.275. The van der Waals surface area contributed by atoms with Crippen LogP contribution in [-0.4, -0.2) is 5.97 Å². The Morgan fingerprint density at radius 2 is 1.81 bits per heavy atom. The molecule has 1 heterocycles. The lowest BCUT2D eigenvalue weighted by Crippen LogP contribution is -1.98. The number of esters is 1. The molecule has 0 unspecified atom stereocenters. The second kappa shape index (κ2) is 3.20. The molecule has 2 heteroatoms. The van der Waals surface area contributed by atoms with Crippen LogP contribution in [0.1, 0.15) is 23.1 Å². The highest BCUT2D eigenvalue weighted by Crippen LogP contribution is 2.36. The van der Waals surface area contributed by atoms with Gasteiger partial charge in [0.2, 0.25) is 0 Å². The standard InChI is InChI=1S/C14H10O2/c1-9-12-7-10-5-3-2-4-6-11(10)8-13(12)16-14(9)15/h3-8H,1-2H2. The molecule has 0 saturated heterocycles. The van der Waals surface area contributed by atoms with Crippen molar-refractivity contribution in [1.29, 1.82) is 0 Å². The maximum absolute atomic E-state index is 11.4. The molecule has 0 aromatic heterocycles. The van der Waals surface area contributed by atoms with Gasteiger partial charge < -0.3 is 4.74 Å². The number of hydrogen-bond donors (Lipinski definition) is 0. The number of fused-ring (bicyclic) bond motifs is 2. The van der Waals surface area contributed by atoms with Crippen LogP contribution in [0.4, 0.5) is 0 Å². The van der Waals surface area contributed by atoms with Crippen LogP contribution in [0.2, 0.25) is 0 Å². The molecule has 1 aromatic rings. The van der Waals surface area contributed by atoms with E-state index in [1.165, 1.54) is 0 Å². The van der Waals surface area contributed by atoms with Crippen LogP contribution < -0.4 is 4.74 Å². The summed E-state index contributed by atoms with van der Waals surface area (Å²) in [5.41, 5.74) is 3.44. The zero-order valence-corrected chi connectivity index (χ0v) is 8.69. The second-order valence-electron chi connectivity index (χ2n) is 3.89. The zero-order chi connectivity index (χ0) is 11.1. The minimum absolute atomic E-state index is 0.344. The average molecular weight is 210 g/mol. The summed E-state index contributed by atoms with van der Waals surface area (Å²) < 4.78 is 5.13. The van der Waals surface area contributed by atoms with Gasteiger partial charge >= 0.3 is 5.97 Å². The second-order valence-corrected chi connectivity index (χ2v) is 3.89. The maximum Gasteiger partial charge on any atom is 0.343 e. The summed E-state index contributed by atoms with van der Waals surface area (Å²) in [5, 5.41) is 0. The molecular weight excluding hydrogens is 200 g/mol. The maximum atomic E-state index is 11.4. The van der Waals surface area contributed by atoms with Crippen LogP contribution in [0.15, 0.2) is 30.9 Å². The van der Waals surface area contributed by atoms with E-state index in [-0.39, 0.29) is 5.97 Å². The Balaban J connectivity index is 2.23. The lowest BCUT2D eigenvalue weighted by atomic mass is 10.0. The normalized spacial score (nSPS) is 16.8. The number of carbonyl (C=O) groups excluding carboxylic acids is 1. The summed E-state index contributed by atoms with van der Waals surface area (Å²) in [4.78, 5) is 11.4. The van der Waals surface area contributed by atoms with Gasteiger partial charge in [-0.2, -0.15) is 0 Å². The highest BCUT2D eigenvalue weighted by molar-refractivity contribution is 6.20. The molecule has 0 saturated carbocycles. The fraction of sp³-hybridized carbons (Fsp3) is 0.0714. The average Bonchev–Trinajstić information content (AvgIpc) is 2.48. The monoisotopic (exact) mass is 210 g/mol. The topological polar surface area (TPSA) is 26.3 Å². The van der Waals surface area contributed by atoms with Gasteiger partial charge in [-0.05, 0) is 29.7 Å². The van der Waals surface area contributed by atoms with Gasteiger partial charge in [0, 0.05) is 5.56 Å². The number of rotatable bonds is 0. The number of ether oxygens (including phenoxy) is 1. The van der Waals surface area contributed by atoms with Gasteiger partial charge in [-0.3, -0.25) is 0 Å². The van der Waals surface area contributed by atoms with E-state index in [4.69, 9.17) is 4.74 Å². The van der Waals surface area contributed by atoms with Crippen LogP contribution >= 0.6 is 0 Å². The van der Waals surface area contributed by atoms with Gasteiger partial charge in [0.15, 0.2) is 0 Å². The molecule has 2 aliphatic rings. The Morgan fingerprint density at radius 1 is 1.12 bits per heavy atom. The first-order valence-electron chi connectivity index (χ1n) is 5.18. The molecule has 1 aliphatic carbocycles. The van der Waals surface area contributed by atoms with E-state index >= 15 is 0 Å². The fourth-order valence-corrected chi connectivity index (χ4v) is 1.96. The van der Waals surface area contributed by atoms with Gasteiger partial charge in [0.05, 0.1) is 5.57 Å². The summed E-state index contributed by atoms with van der Waals surface area (Å²) >= 11 is 0. The summed E-state index contributed by atoms with van der Waals surface area (Å²) in [6.07, 6.45) is 9.21. The Bertz CT molecular complexity index is 562. The summed E-state index contributed by atoms with van der Waals surface area (Å²) in [6, 6.07) is 3.86. The molecule has 0 bridgehead atoms. The van der Waals surface area contributed by atoms with Crippen molar-refractivity contribution in [3.63, 3.8) is 0 Å². The third-order valence-electron chi connectivity index (χ3n) is 2.83. The molecule has 2 nitrogen and oxygen atoms in total. The van der Waals surface area contributed by atoms with Gasteiger partial charge in [0.25, 0.3) is 0 Å². The van der Waals surface area contributed by atoms with Crippen molar-refractivity contribution >= 4 is 23.7 Å². The van der Waals surface area contributed by atoms with Crippen LogP contribution in [0, 0.1) is 0 Å². The van der Waals surface area contributed by atoms with Crippen LogP contribution in [0.5, 0.6) is 5.75 Å². The van der Waals surface area contributed by atoms with Crippen molar-refractivity contribution in [3.05, 3.63) is 47.6 Å². The third kappa shape index (κ3) is 1.23. The van der Waals surface area contributed by atoms with Gasteiger partial charge in [-0.25, -0.2) is 4.79 Å². The predicted octanol–water partition coefficient (Wildman–Crippen LogP) is 3.05. The SMILES string of the molecule is C=C1C(=O)Oc2cc3c(cc21)C=CCC=C3. The first kappa shape index (κ1) is 9.16. The number of hydrogen-bond acceptors (Lipinski definition) is 2. The predicted molar refractivity (Wildman–Crippen MR) is 63.8 cm³/mol. The molecule has 1 aliphatic heterocycles. The van der Waals surface area contributed by atoms with Crippen molar-refractivity contribution in [2.75, 3.05) is 0 Å². The minimum atomic E-state index is -0.344. The minimum Gasteiger partial charge on any atom is -0.422 e. The molecule has 0 spiro atoms. The Hall–Kier alpha value is -2.09. The molecule has 3 rings (SSSR count). The molecule has 1 aromatic carbocycles. The Morgan fingerprint density at radius 3 is 2.56 bits per heavy atom. The zero-order valence-electron chi connectivity index (χ0n) is 8.69. The molecule has 78 valence electrons. The van der Waals surface area contributed by atoms with Crippen LogP contribution in [0.3, 0.4) is 0 Å². The van der Waals surface area contributed by atoms with Gasteiger partial charge in [-0.1, -0.05) is 30.9 Å². The van der Waals surface area contributed by atoms with E-state index < -0.39 is 0 Å². The van der Waals surface area contributed by atoms with E-state index in [0.717, 1.165) is 23.1 Å². The highest BCUT2D eigenvalue weighted by atomic mass is 16.5. The lowest BCUT2D eigenvalue weighted by molar-refractivity contribution is -0.126. The number of allylic oxidation sites excluding steroid dienone is 2. The number of benzene rings is 1.